The van der Waals surface area contributed by atoms with Crippen LogP contribution in [0.1, 0.15) is 44.6 Å². The number of esters is 1. The molecule has 26 heavy (non-hydrogen) atoms. The molecule has 0 amide bonds. The second-order valence-corrected chi connectivity index (χ2v) is 7.11. The average molecular weight is 357 g/mol. The number of nitro groups is 1. The first kappa shape index (κ1) is 16.7. The zero-order valence-electron chi connectivity index (χ0n) is 14.3. The number of nitrogens with zero attached hydrogens (tertiary/aromatic N) is 3. The van der Waals surface area contributed by atoms with Crippen LogP contribution in [0.5, 0.6) is 0 Å². The molecule has 2 aliphatic carbocycles. The van der Waals surface area contributed by atoms with Crippen molar-refractivity contribution in [3.05, 3.63) is 40.3 Å². The zero-order chi connectivity index (χ0) is 18.3. The molecular weight excluding hydrogens is 338 g/mol. The Morgan fingerprint density at radius 1 is 1.27 bits per heavy atom. The molecule has 0 aliphatic heterocycles. The first-order valence-electron chi connectivity index (χ1n) is 8.80. The molecule has 136 valence electrons. The summed E-state index contributed by atoms with van der Waals surface area (Å²) in [5, 5.41) is 18.6. The third-order valence-corrected chi connectivity index (χ3v) is 5.45. The van der Waals surface area contributed by atoms with Gasteiger partial charge in [-0.05, 0) is 50.2 Å². The molecule has 1 aromatic carbocycles. The number of fused-ring (bicyclic) bond motifs is 2. The van der Waals surface area contributed by atoms with Crippen LogP contribution in [0.3, 0.4) is 0 Å². The Morgan fingerprint density at radius 3 is 2.65 bits per heavy atom. The maximum Gasteiger partial charge on any atom is 0.309 e. The smallest absolute Gasteiger partial charge is 0.309 e. The van der Waals surface area contributed by atoms with Gasteiger partial charge in [-0.2, -0.15) is 0 Å². The molecular formula is C18H19N3O5. The average Bonchev–Trinajstić information content (AvgIpc) is 3.38. The normalized spacial score (nSPS) is 25.2. The summed E-state index contributed by atoms with van der Waals surface area (Å²) in [7, 11) is 0. The van der Waals surface area contributed by atoms with Crippen LogP contribution in [-0.2, 0) is 9.53 Å². The van der Waals surface area contributed by atoms with Crippen LogP contribution in [0.4, 0.5) is 5.69 Å². The largest absolute Gasteiger partial charge is 0.452 e. The molecule has 8 nitrogen and oxygen atoms in total. The Labute approximate surface area is 149 Å². The molecule has 0 saturated heterocycles. The fourth-order valence-electron chi connectivity index (χ4n) is 4.09. The number of hydrogen-bond acceptors (Lipinski definition) is 7. The van der Waals surface area contributed by atoms with Gasteiger partial charge in [0.2, 0.25) is 5.89 Å². The van der Waals surface area contributed by atoms with E-state index in [0.717, 1.165) is 19.3 Å². The quantitative estimate of drug-likeness (QED) is 0.456. The van der Waals surface area contributed by atoms with Gasteiger partial charge in [0.1, 0.15) is 0 Å². The van der Waals surface area contributed by atoms with Crippen molar-refractivity contribution >= 4 is 11.7 Å². The number of aromatic nitrogens is 2. The monoisotopic (exact) mass is 357 g/mol. The van der Waals surface area contributed by atoms with Gasteiger partial charge in [-0.25, -0.2) is 0 Å². The second kappa shape index (κ2) is 6.51. The number of ether oxygens (including phenoxy) is 1. The van der Waals surface area contributed by atoms with Gasteiger partial charge < -0.3 is 9.15 Å². The van der Waals surface area contributed by atoms with E-state index in [9.17, 15) is 14.9 Å². The van der Waals surface area contributed by atoms with Gasteiger partial charge in [0.05, 0.1) is 10.8 Å². The number of benzene rings is 1. The molecule has 0 radical (unpaired) electrons. The molecule has 2 bridgehead atoms. The number of carbonyl (C=O) groups is 1. The predicted octanol–water partition coefficient (Wildman–Crippen LogP) is 3.69. The molecule has 4 rings (SSSR count). The number of non-ortho nitro benzene ring substituents is 1. The van der Waals surface area contributed by atoms with E-state index in [1.807, 2.05) is 0 Å². The summed E-state index contributed by atoms with van der Waals surface area (Å²) >= 11 is 0. The van der Waals surface area contributed by atoms with Crippen molar-refractivity contribution in [1.29, 1.82) is 0 Å². The number of rotatable bonds is 5. The predicted molar refractivity (Wildman–Crippen MR) is 89.8 cm³/mol. The highest BCUT2D eigenvalue weighted by molar-refractivity contribution is 5.73. The summed E-state index contributed by atoms with van der Waals surface area (Å²) < 4.78 is 11.1. The fraction of sp³-hybridized carbons (Fsp3) is 0.500. The van der Waals surface area contributed by atoms with Gasteiger partial charge in [-0.15, -0.1) is 10.2 Å². The van der Waals surface area contributed by atoms with Crippen LogP contribution in [0, 0.1) is 27.9 Å². The van der Waals surface area contributed by atoms with Gasteiger partial charge in [-0.3, -0.25) is 14.9 Å². The third kappa shape index (κ3) is 3.07. The highest BCUT2D eigenvalue weighted by Gasteiger charge is 2.44. The highest BCUT2D eigenvalue weighted by atomic mass is 16.6. The molecule has 2 aliphatic rings. The van der Waals surface area contributed by atoms with Gasteiger partial charge >= 0.3 is 5.97 Å². The Hall–Kier alpha value is -2.77. The van der Waals surface area contributed by atoms with E-state index in [2.05, 4.69) is 10.2 Å². The van der Waals surface area contributed by atoms with Crippen molar-refractivity contribution in [3.63, 3.8) is 0 Å². The van der Waals surface area contributed by atoms with E-state index >= 15 is 0 Å². The first-order valence-corrected chi connectivity index (χ1v) is 8.80. The van der Waals surface area contributed by atoms with Crippen molar-refractivity contribution in [3.8, 4) is 11.5 Å². The van der Waals surface area contributed by atoms with Crippen molar-refractivity contribution < 1.29 is 18.9 Å². The minimum absolute atomic E-state index is 0.00624. The molecule has 4 unspecified atom stereocenters. The van der Waals surface area contributed by atoms with Gasteiger partial charge in [0.25, 0.3) is 11.6 Å². The minimum atomic E-state index is -0.624. The van der Waals surface area contributed by atoms with E-state index < -0.39 is 11.0 Å². The molecule has 2 aromatic rings. The number of nitro benzene ring substituents is 1. The molecule has 2 fully saturated rings. The van der Waals surface area contributed by atoms with Crippen LogP contribution in [0.2, 0.25) is 0 Å². The second-order valence-electron chi connectivity index (χ2n) is 7.11. The first-order chi connectivity index (χ1) is 12.5. The van der Waals surface area contributed by atoms with E-state index in [1.54, 1.807) is 19.1 Å². The fourth-order valence-corrected chi connectivity index (χ4v) is 4.09. The topological polar surface area (TPSA) is 108 Å². The SMILES string of the molecule is CC(OC(=O)C1CC2CCC1C2)c1nnc(-c2ccc([N+](=O)[O-])cc2)o1. The summed E-state index contributed by atoms with van der Waals surface area (Å²) in [4.78, 5) is 22.7. The molecule has 1 heterocycles. The lowest BCUT2D eigenvalue weighted by molar-refractivity contribution is -0.384. The van der Waals surface area contributed by atoms with Crippen molar-refractivity contribution in [2.45, 2.75) is 38.7 Å². The zero-order valence-corrected chi connectivity index (χ0v) is 14.3. The molecule has 4 atom stereocenters. The Bertz CT molecular complexity index is 832. The van der Waals surface area contributed by atoms with Gasteiger partial charge in [-0.1, -0.05) is 6.42 Å². The maximum atomic E-state index is 12.4. The van der Waals surface area contributed by atoms with Crippen LogP contribution < -0.4 is 0 Å². The molecule has 2 saturated carbocycles. The number of carbonyl (C=O) groups excluding carboxylic acids is 1. The molecule has 0 N–H and O–H groups in total. The Kier molecular flexibility index (Phi) is 4.18. The van der Waals surface area contributed by atoms with Crippen molar-refractivity contribution in [2.75, 3.05) is 0 Å². The summed E-state index contributed by atoms with van der Waals surface area (Å²) in [6.07, 6.45) is 3.78. The van der Waals surface area contributed by atoms with Gasteiger partial charge in [0.15, 0.2) is 6.10 Å². The third-order valence-electron chi connectivity index (χ3n) is 5.45. The minimum Gasteiger partial charge on any atom is -0.452 e. The lowest BCUT2D eigenvalue weighted by Crippen LogP contribution is -2.24. The summed E-state index contributed by atoms with van der Waals surface area (Å²) in [6.45, 7) is 1.71. The molecule has 0 spiro atoms. The van der Waals surface area contributed by atoms with Crippen LogP contribution in [0.25, 0.3) is 11.5 Å². The summed E-state index contributed by atoms with van der Waals surface area (Å²) in [6, 6.07) is 5.83. The Morgan fingerprint density at radius 2 is 2.04 bits per heavy atom. The summed E-state index contributed by atoms with van der Waals surface area (Å²) in [5.74, 6) is 1.39. The highest BCUT2D eigenvalue weighted by Crippen LogP contribution is 2.49. The number of hydrogen-bond donors (Lipinski definition) is 0. The van der Waals surface area contributed by atoms with E-state index in [4.69, 9.17) is 9.15 Å². The van der Waals surface area contributed by atoms with Crippen molar-refractivity contribution in [1.82, 2.24) is 10.2 Å². The van der Waals surface area contributed by atoms with Gasteiger partial charge in [0, 0.05) is 17.7 Å². The van der Waals surface area contributed by atoms with Crippen LogP contribution in [-0.4, -0.2) is 21.1 Å². The van der Waals surface area contributed by atoms with E-state index in [0.29, 0.717) is 17.4 Å². The standard InChI is InChI=1S/C18H19N3O5/c1-10(25-18(22)15-9-11-2-3-13(15)8-11)16-19-20-17(26-16)12-4-6-14(7-5-12)21(23)24/h4-7,10-11,13,15H,2-3,8-9H2,1H3. The molecule has 8 heteroatoms. The van der Waals surface area contributed by atoms with Crippen LogP contribution >= 0.6 is 0 Å². The lowest BCUT2D eigenvalue weighted by atomic mass is 9.89. The van der Waals surface area contributed by atoms with Crippen molar-refractivity contribution in [2.24, 2.45) is 17.8 Å². The summed E-state index contributed by atoms with van der Waals surface area (Å²) in [5.41, 5.74) is 0.558. The Balaban J connectivity index is 1.42. The maximum absolute atomic E-state index is 12.4. The van der Waals surface area contributed by atoms with E-state index in [1.165, 1.54) is 18.6 Å². The van der Waals surface area contributed by atoms with Crippen LogP contribution in [0.15, 0.2) is 28.7 Å². The van der Waals surface area contributed by atoms with E-state index in [-0.39, 0.29) is 29.4 Å². The lowest BCUT2D eigenvalue weighted by Gasteiger charge is -2.21. The molecule has 1 aromatic heterocycles.